The van der Waals surface area contributed by atoms with Crippen molar-refractivity contribution < 1.29 is 8.42 Å². The van der Waals surface area contributed by atoms with E-state index >= 15 is 0 Å². The largest absolute Gasteiger partial charge is 0.370 e. The fraction of sp³-hybridized carbons (Fsp3) is 0.875. The molecule has 0 aliphatic carbocycles. The average Bonchev–Trinajstić information content (AvgIpc) is 2.27. The molecule has 0 aromatic rings. The molecule has 6 heteroatoms. The van der Waals surface area contributed by atoms with E-state index in [1.165, 1.54) is 0 Å². The van der Waals surface area contributed by atoms with E-state index in [1.807, 2.05) is 11.8 Å². The van der Waals surface area contributed by atoms with E-state index in [2.05, 4.69) is 4.99 Å². The average molecular weight is 219 g/mol. The molecule has 0 aromatic carbocycles. The van der Waals surface area contributed by atoms with Gasteiger partial charge in [-0.25, -0.2) is 8.42 Å². The highest BCUT2D eigenvalue weighted by Crippen LogP contribution is 2.04. The summed E-state index contributed by atoms with van der Waals surface area (Å²) in [6, 6.07) is 0. The van der Waals surface area contributed by atoms with E-state index in [0.717, 1.165) is 0 Å². The Morgan fingerprint density at radius 1 is 1.43 bits per heavy atom. The molecule has 0 radical (unpaired) electrons. The summed E-state index contributed by atoms with van der Waals surface area (Å²) < 4.78 is 22.6. The highest BCUT2D eigenvalue weighted by molar-refractivity contribution is 7.91. The van der Waals surface area contributed by atoms with E-state index in [-0.39, 0.29) is 11.5 Å². The number of sulfone groups is 1. The van der Waals surface area contributed by atoms with E-state index in [4.69, 9.17) is 5.73 Å². The minimum atomic E-state index is -2.85. The Kier molecular flexibility index (Phi) is 3.74. The topological polar surface area (TPSA) is 75.8 Å². The Bertz CT molecular complexity index is 311. The number of hydrogen-bond donors (Lipinski definition) is 1. The molecule has 1 fully saturated rings. The van der Waals surface area contributed by atoms with Crippen molar-refractivity contribution in [2.45, 2.75) is 13.3 Å². The number of nitrogens with zero attached hydrogens (tertiary/aromatic N) is 2. The van der Waals surface area contributed by atoms with Crippen molar-refractivity contribution in [2.24, 2.45) is 10.7 Å². The second-order valence-corrected chi connectivity index (χ2v) is 5.63. The Morgan fingerprint density at radius 2 is 2.14 bits per heavy atom. The van der Waals surface area contributed by atoms with Crippen molar-refractivity contribution in [1.82, 2.24) is 4.90 Å². The lowest BCUT2D eigenvalue weighted by Gasteiger charge is -2.20. The molecule has 0 spiro atoms. The third-order valence-electron chi connectivity index (χ3n) is 2.20. The molecule has 0 saturated carbocycles. The van der Waals surface area contributed by atoms with Crippen LogP contribution in [0.2, 0.25) is 0 Å². The van der Waals surface area contributed by atoms with Crippen LogP contribution in [0.1, 0.15) is 13.3 Å². The molecule has 14 heavy (non-hydrogen) atoms. The molecule has 2 N–H and O–H groups in total. The van der Waals surface area contributed by atoms with Crippen molar-refractivity contribution in [2.75, 3.05) is 31.1 Å². The maximum absolute atomic E-state index is 11.3. The van der Waals surface area contributed by atoms with Gasteiger partial charge >= 0.3 is 0 Å². The first-order valence-corrected chi connectivity index (χ1v) is 6.62. The minimum Gasteiger partial charge on any atom is -0.370 e. The van der Waals surface area contributed by atoms with Gasteiger partial charge in [0.25, 0.3) is 0 Å². The van der Waals surface area contributed by atoms with Crippen LogP contribution in [0.5, 0.6) is 0 Å². The predicted molar refractivity (Wildman–Crippen MR) is 57.0 cm³/mol. The van der Waals surface area contributed by atoms with Gasteiger partial charge in [0.2, 0.25) is 0 Å². The summed E-state index contributed by atoms with van der Waals surface area (Å²) in [5.74, 6) is 0.917. The van der Waals surface area contributed by atoms with Crippen molar-refractivity contribution >= 4 is 15.8 Å². The summed E-state index contributed by atoms with van der Waals surface area (Å²) >= 11 is 0. The smallest absolute Gasteiger partial charge is 0.191 e. The number of guanidine groups is 1. The lowest BCUT2D eigenvalue weighted by atomic mass is 10.4. The summed E-state index contributed by atoms with van der Waals surface area (Å²) in [6.07, 6.45) is 0.641. The standard InChI is InChI=1S/C8H17N3O2S/c1-2-10-8(9)11-4-3-6-14(12,13)7-5-11/h2-7H2,1H3,(H2,9,10). The third kappa shape index (κ3) is 3.17. The van der Waals surface area contributed by atoms with Gasteiger partial charge in [-0.15, -0.1) is 0 Å². The van der Waals surface area contributed by atoms with Crippen molar-refractivity contribution in [3.63, 3.8) is 0 Å². The molecule has 1 aliphatic heterocycles. The van der Waals surface area contributed by atoms with E-state index in [9.17, 15) is 8.42 Å². The Labute approximate surface area is 84.9 Å². The zero-order valence-electron chi connectivity index (χ0n) is 8.44. The summed E-state index contributed by atoms with van der Waals surface area (Å²) in [5.41, 5.74) is 5.70. The van der Waals surface area contributed by atoms with Gasteiger partial charge in [0.1, 0.15) is 0 Å². The molecule has 1 saturated heterocycles. The van der Waals surface area contributed by atoms with Crippen LogP contribution >= 0.6 is 0 Å². The van der Waals surface area contributed by atoms with Crippen molar-refractivity contribution in [3.8, 4) is 0 Å². The van der Waals surface area contributed by atoms with Crippen molar-refractivity contribution in [3.05, 3.63) is 0 Å². The minimum absolute atomic E-state index is 0.187. The summed E-state index contributed by atoms with van der Waals surface area (Å²) in [7, 11) is -2.85. The van der Waals surface area contributed by atoms with Gasteiger partial charge in [0, 0.05) is 19.6 Å². The number of aliphatic imine (C=N–C) groups is 1. The van der Waals surface area contributed by atoms with Crippen LogP contribution in [0, 0.1) is 0 Å². The molecule has 0 bridgehead atoms. The molecule has 82 valence electrons. The third-order valence-corrected chi connectivity index (χ3v) is 3.91. The SMILES string of the molecule is CCN=C(N)N1CCCS(=O)(=O)CC1. The molecular formula is C8H17N3O2S. The Balaban J connectivity index is 2.63. The van der Waals surface area contributed by atoms with Crippen LogP contribution in [0.25, 0.3) is 0 Å². The molecule has 1 aliphatic rings. The Morgan fingerprint density at radius 3 is 2.79 bits per heavy atom. The molecule has 0 aromatic heterocycles. The molecule has 0 unspecified atom stereocenters. The highest BCUT2D eigenvalue weighted by Gasteiger charge is 2.19. The second kappa shape index (κ2) is 4.63. The van der Waals surface area contributed by atoms with E-state index in [0.29, 0.717) is 32.0 Å². The first kappa shape index (κ1) is 11.3. The fourth-order valence-electron chi connectivity index (χ4n) is 1.43. The maximum atomic E-state index is 11.3. The van der Waals surface area contributed by atoms with Crippen LogP contribution in [0.15, 0.2) is 4.99 Å². The second-order valence-electron chi connectivity index (χ2n) is 3.32. The van der Waals surface area contributed by atoms with Crippen LogP contribution in [0.3, 0.4) is 0 Å². The quantitative estimate of drug-likeness (QED) is 0.474. The molecule has 0 amide bonds. The summed E-state index contributed by atoms with van der Waals surface area (Å²) in [4.78, 5) is 5.90. The molecule has 5 nitrogen and oxygen atoms in total. The number of hydrogen-bond acceptors (Lipinski definition) is 3. The lowest BCUT2D eigenvalue weighted by Crippen LogP contribution is -2.39. The van der Waals surface area contributed by atoms with Gasteiger partial charge < -0.3 is 10.6 Å². The van der Waals surface area contributed by atoms with Crippen LogP contribution in [0.4, 0.5) is 0 Å². The van der Waals surface area contributed by atoms with Gasteiger partial charge in [-0.1, -0.05) is 0 Å². The van der Waals surface area contributed by atoms with E-state index in [1.54, 1.807) is 0 Å². The monoisotopic (exact) mass is 219 g/mol. The van der Waals surface area contributed by atoms with E-state index < -0.39 is 9.84 Å². The van der Waals surface area contributed by atoms with Crippen LogP contribution < -0.4 is 5.73 Å². The summed E-state index contributed by atoms with van der Waals surface area (Å²) in [6.45, 7) is 3.70. The van der Waals surface area contributed by atoms with Crippen LogP contribution in [-0.2, 0) is 9.84 Å². The lowest BCUT2D eigenvalue weighted by molar-refractivity contribution is 0.443. The van der Waals surface area contributed by atoms with Gasteiger partial charge in [-0.05, 0) is 13.3 Å². The zero-order valence-corrected chi connectivity index (χ0v) is 9.26. The van der Waals surface area contributed by atoms with Gasteiger partial charge in [-0.3, -0.25) is 4.99 Å². The molecule has 0 atom stereocenters. The van der Waals surface area contributed by atoms with Crippen LogP contribution in [-0.4, -0.2) is 50.4 Å². The molecule has 1 heterocycles. The first-order chi connectivity index (χ1) is 6.55. The highest BCUT2D eigenvalue weighted by atomic mass is 32.2. The van der Waals surface area contributed by atoms with Gasteiger partial charge in [0.15, 0.2) is 15.8 Å². The number of rotatable bonds is 1. The van der Waals surface area contributed by atoms with Gasteiger partial charge in [0.05, 0.1) is 11.5 Å². The first-order valence-electron chi connectivity index (χ1n) is 4.80. The normalized spacial score (nSPS) is 23.2. The Hall–Kier alpha value is -0.780. The predicted octanol–water partition coefficient (Wildman–Crippen LogP) is -0.558. The maximum Gasteiger partial charge on any atom is 0.191 e. The molecular weight excluding hydrogens is 202 g/mol. The number of nitrogens with two attached hydrogens (primary N) is 1. The fourth-order valence-corrected chi connectivity index (χ4v) is 2.70. The van der Waals surface area contributed by atoms with Gasteiger partial charge in [-0.2, -0.15) is 0 Å². The van der Waals surface area contributed by atoms with Crippen molar-refractivity contribution in [1.29, 1.82) is 0 Å². The molecule has 1 rings (SSSR count). The zero-order chi connectivity index (χ0) is 10.6. The summed E-state index contributed by atoms with van der Waals surface area (Å²) in [5, 5.41) is 0.